The molecule has 0 heterocycles. The van der Waals surface area contributed by atoms with Gasteiger partial charge in [0, 0.05) is 5.56 Å². The van der Waals surface area contributed by atoms with E-state index in [-0.39, 0.29) is 17.9 Å². The minimum absolute atomic E-state index is 0.133. The third kappa shape index (κ3) is 4.79. The number of hydrogen-bond acceptors (Lipinski definition) is 5. The molecule has 0 radical (unpaired) electrons. The van der Waals surface area contributed by atoms with Crippen LogP contribution in [0.4, 0.5) is 5.69 Å². The molecule has 0 saturated heterocycles. The van der Waals surface area contributed by atoms with Crippen molar-refractivity contribution in [3.63, 3.8) is 0 Å². The first kappa shape index (κ1) is 18.9. The summed E-state index contributed by atoms with van der Waals surface area (Å²) in [5, 5.41) is 11.1. The second kappa shape index (κ2) is 8.61. The Labute approximate surface area is 150 Å². The van der Waals surface area contributed by atoms with Crippen LogP contribution in [0.5, 0.6) is 5.75 Å². The molecule has 0 aromatic heterocycles. The van der Waals surface area contributed by atoms with Gasteiger partial charge in [0.2, 0.25) is 0 Å². The van der Waals surface area contributed by atoms with Crippen LogP contribution in [0.25, 0.3) is 0 Å². The molecule has 2 N–H and O–H groups in total. The number of rotatable bonds is 6. The summed E-state index contributed by atoms with van der Waals surface area (Å²) in [4.78, 5) is 34.4. The van der Waals surface area contributed by atoms with E-state index >= 15 is 0 Å². The Balaban J connectivity index is 1.90. The van der Waals surface area contributed by atoms with Crippen molar-refractivity contribution in [2.45, 2.75) is 20.3 Å². The number of para-hydroxylation sites is 1. The van der Waals surface area contributed by atoms with Crippen molar-refractivity contribution in [1.82, 2.24) is 10.9 Å². The Bertz CT molecular complexity index is 818. The average Bonchev–Trinajstić information content (AvgIpc) is 2.64. The van der Waals surface area contributed by atoms with E-state index in [0.29, 0.717) is 11.3 Å². The number of nitrogens with one attached hydrogen (secondary N) is 2. The second-order valence-corrected chi connectivity index (χ2v) is 5.52. The molecule has 2 aromatic carbocycles. The van der Waals surface area contributed by atoms with Crippen LogP contribution >= 0.6 is 0 Å². The SMILES string of the molecule is CCc1ccc(OCC(=O)NNC(=O)c2cccc(C)c2[N+](=O)[O-])cc1. The molecule has 0 atom stereocenters. The molecular weight excluding hydrogens is 338 g/mol. The largest absolute Gasteiger partial charge is 0.484 e. The maximum Gasteiger partial charge on any atom is 0.285 e. The van der Waals surface area contributed by atoms with Crippen LogP contribution in [-0.2, 0) is 11.2 Å². The molecule has 0 bridgehead atoms. The quantitative estimate of drug-likeness (QED) is 0.609. The maximum absolute atomic E-state index is 12.1. The standard InChI is InChI=1S/C18H19N3O5/c1-3-13-7-9-14(10-8-13)26-11-16(22)19-20-18(23)15-6-4-5-12(2)17(15)21(24)25/h4-10H,3,11H2,1-2H3,(H,19,22)(H,20,23). The maximum atomic E-state index is 12.1. The number of nitro groups is 1. The highest BCUT2D eigenvalue weighted by atomic mass is 16.6. The highest BCUT2D eigenvalue weighted by molar-refractivity contribution is 5.99. The summed E-state index contributed by atoms with van der Waals surface area (Å²) >= 11 is 0. The zero-order valence-corrected chi connectivity index (χ0v) is 14.4. The summed E-state index contributed by atoms with van der Waals surface area (Å²) in [5.41, 5.74) is 5.40. The number of hydrazine groups is 1. The number of nitrogens with zero attached hydrogens (tertiary/aromatic N) is 1. The number of ether oxygens (including phenoxy) is 1. The molecule has 0 unspecified atom stereocenters. The van der Waals surface area contributed by atoms with E-state index in [2.05, 4.69) is 10.9 Å². The van der Waals surface area contributed by atoms with Crippen LogP contribution in [-0.4, -0.2) is 23.3 Å². The number of hydrogen-bond donors (Lipinski definition) is 2. The Morgan fingerprint density at radius 3 is 2.42 bits per heavy atom. The second-order valence-electron chi connectivity index (χ2n) is 5.52. The lowest BCUT2D eigenvalue weighted by atomic mass is 10.1. The Kier molecular flexibility index (Phi) is 6.26. The van der Waals surface area contributed by atoms with Crippen molar-refractivity contribution in [1.29, 1.82) is 0 Å². The Hall–Kier alpha value is -3.42. The van der Waals surface area contributed by atoms with Gasteiger partial charge in [0.1, 0.15) is 11.3 Å². The van der Waals surface area contributed by atoms with Crippen LogP contribution in [0.1, 0.15) is 28.4 Å². The molecule has 2 aromatic rings. The molecule has 26 heavy (non-hydrogen) atoms. The van der Waals surface area contributed by atoms with Crippen molar-refractivity contribution in [2.24, 2.45) is 0 Å². The van der Waals surface area contributed by atoms with Gasteiger partial charge in [-0.15, -0.1) is 0 Å². The first-order chi connectivity index (χ1) is 12.4. The fraction of sp³-hybridized carbons (Fsp3) is 0.222. The molecule has 0 spiro atoms. The number of carbonyl (C=O) groups is 2. The van der Waals surface area contributed by atoms with E-state index in [0.717, 1.165) is 12.0 Å². The van der Waals surface area contributed by atoms with Crippen LogP contribution in [0.3, 0.4) is 0 Å². The van der Waals surface area contributed by atoms with Crippen molar-refractivity contribution >= 4 is 17.5 Å². The lowest BCUT2D eigenvalue weighted by Gasteiger charge is -2.10. The lowest BCUT2D eigenvalue weighted by molar-refractivity contribution is -0.385. The van der Waals surface area contributed by atoms with Gasteiger partial charge in [-0.3, -0.25) is 30.6 Å². The van der Waals surface area contributed by atoms with Gasteiger partial charge in [0.05, 0.1) is 4.92 Å². The van der Waals surface area contributed by atoms with E-state index < -0.39 is 16.7 Å². The monoisotopic (exact) mass is 357 g/mol. The van der Waals surface area contributed by atoms with Crippen molar-refractivity contribution < 1.29 is 19.2 Å². The highest BCUT2D eigenvalue weighted by Gasteiger charge is 2.22. The van der Waals surface area contributed by atoms with E-state index in [1.807, 2.05) is 19.1 Å². The fourth-order valence-electron chi connectivity index (χ4n) is 2.28. The van der Waals surface area contributed by atoms with Gasteiger partial charge >= 0.3 is 0 Å². The Morgan fingerprint density at radius 1 is 1.12 bits per heavy atom. The van der Waals surface area contributed by atoms with Crippen molar-refractivity contribution in [3.8, 4) is 5.75 Å². The van der Waals surface area contributed by atoms with Crippen molar-refractivity contribution in [2.75, 3.05) is 6.61 Å². The molecule has 8 nitrogen and oxygen atoms in total. The first-order valence-electron chi connectivity index (χ1n) is 7.97. The zero-order chi connectivity index (χ0) is 19.1. The summed E-state index contributed by atoms with van der Waals surface area (Å²) < 4.78 is 5.31. The summed E-state index contributed by atoms with van der Waals surface area (Å²) in [6, 6.07) is 11.7. The number of aryl methyl sites for hydroxylation is 2. The third-order valence-corrected chi connectivity index (χ3v) is 3.68. The normalized spacial score (nSPS) is 10.1. The number of carbonyl (C=O) groups excluding carboxylic acids is 2. The first-order valence-corrected chi connectivity index (χ1v) is 7.97. The van der Waals surface area contributed by atoms with Crippen LogP contribution in [0.2, 0.25) is 0 Å². The van der Waals surface area contributed by atoms with Crippen LogP contribution in [0.15, 0.2) is 42.5 Å². The third-order valence-electron chi connectivity index (χ3n) is 3.68. The molecule has 0 aliphatic rings. The Morgan fingerprint density at radius 2 is 1.81 bits per heavy atom. The van der Waals surface area contributed by atoms with Gasteiger partial charge in [0.15, 0.2) is 6.61 Å². The summed E-state index contributed by atoms with van der Waals surface area (Å²) in [6.45, 7) is 3.26. The predicted molar refractivity (Wildman–Crippen MR) is 94.8 cm³/mol. The summed E-state index contributed by atoms with van der Waals surface area (Å²) in [5.74, 6) is -0.840. The molecule has 0 aliphatic carbocycles. The lowest BCUT2D eigenvalue weighted by Crippen LogP contribution is -2.44. The van der Waals surface area contributed by atoms with Crippen LogP contribution in [0, 0.1) is 17.0 Å². The molecule has 0 saturated carbocycles. The van der Waals surface area contributed by atoms with Gasteiger partial charge in [-0.1, -0.05) is 31.2 Å². The molecule has 0 aliphatic heterocycles. The minimum Gasteiger partial charge on any atom is -0.484 e. The molecule has 0 fully saturated rings. The van der Waals surface area contributed by atoms with E-state index in [9.17, 15) is 19.7 Å². The van der Waals surface area contributed by atoms with Crippen molar-refractivity contribution in [3.05, 3.63) is 69.3 Å². The highest BCUT2D eigenvalue weighted by Crippen LogP contribution is 2.22. The average molecular weight is 357 g/mol. The molecule has 2 rings (SSSR count). The predicted octanol–water partition coefficient (Wildman–Crippen LogP) is 2.31. The zero-order valence-electron chi connectivity index (χ0n) is 14.4. The summed E-state index contributed by atoms with van der Waals surface area (Å²) in [6.07, 6.45) is 0.901. The van der Waals surface area contributed by atoms with Gasteiger partial charge < -0.3 is 4.74 Å². The number of amides is 2. The molecular formula is C18H19N3O5. The van der Waals surface area contributed by atoms with Gasteiger partial charge in [-0.2, -0.15) is 0 Å². The molecule has 8 heteroatoms. The van der Waals surface area contributed by atoms with E-state index in [4.69, 9.17) is 4.74 Å². The molecule has 136 valence electrons. The van der Waals surface area contributed by atoms with E-state index in [1.165, 1.54) is 25.1 Å². The number of benzene rings is 2. The van der Waals surface area contributed by atoms with Gasteiger partial charge in [0.25, 0.3) is 17.5 Å². The van der Waals surface area contributed by atoms with Crippen LogP contribution < -0.4 is 15.6 Å². The van der Waals surface area contributed by atoms with E-state index in [1.54, 1.807) is 12.1 Å². The fourth-order valence-corrected chi connectivity index (χ4v) is 2.28. The van der Waals surface area contributed by atoms with Gasteiger partial charge in [-0.25, -0.2) is 0 Å². The topological polar surface area (TPSA) is 111 Å². The smallest absolute Gasteiger partial charge is 0.285 e. The summed E-state index contributed by atoms with van der Waals surface area (Å²) in [7, 11) is 0. The molecule has 2 amide bonds. The number of nitro benzene ring substituents is 1. The minimum atomic E-state index is -0.777. The van der Waals surface area contributed by atoms with Gasteiger partial charge in [-0.05, 0) is 37.1 Å².